The van der Waals surface area contributed by atoms with Crippen molar-refractivity contribution < 1.29 is 13.2 Å². The Morgan fingerprint density at radius 1 is 1.16 bits per heavy atom. The molecule has 0 aliphatic rings. The van der Waals surface area contributed by atoms with Crippen LogP contribution in [0.5, 0.6) is 0 Å². The lowest BCUT2D eigenvalue weighted by molar-refractivity contribution is -0.137. The van der Waals surface area contributed by atoms with Crippen LogP contribution in [-0.2, 0) is 6.18 Å². The normalized spacial score (nSPS) is 13.4. The lowest BCUT2D eigenvalue weighted by Gasteiger charge is -2.21. The maximum atomic E-state index is 12.8. The van der Waals surface area contributed by atoms with E-state index in [0.29, 0.717) is 10.9 Å². The van der Waals surface area contributed by atoms with E-state index in [1.54, 1.807) is 6.20 Å². The van der Waals surface area contributed by atoms with Crippen LogP contribution >= 0.6 is 0 Å². The summed E-state index contributed by atoms with van der Waals surface area (Å²) in [6, 6.07) is 5.77. The molecule has 1 N–H and O–H groups in total. The second-order valence-electron chi connectivity index (χ2n) is 6.30. The molecule has 0 bridgehead atoms. The van der Waals surface area contributed by atoms with E-state index in [1.807, 2.05) is 6.07 Å². The van der Waals surface area contributed by atoms with Crippen LogP contribution in [0.4, 0.5) is 18.9 Å². The molecule has 0 radical (unpaired) electrons. The lowest BCUT2D eigenvalue weighted by Crippen LogP contribution is -2.25. The highest BCUT2D eigenvalue weighted by Crippen LogP contribution is 2.32. The van der Waals surface area contributed by atoms with Gasteiger partial charge in [-0.25, -0.2) is 0 Å². The first kappa shape index (κ1) is 19.5. The first-order valence-electron chi connectivity index (χ1n) is 8.80. The van der Waals surface area contributed by atoms with E-state index in [4.69, 9.17) is 0 Å². The third kappa shape index (κ3) is 5.33. The Kier molecular flexibility index (Phi) is 6.64. The van der Waals surface area contributed by atoms with Gasteiger partial charge in [-0.05, 0) is 57.6 Å². The predicted octanol–water partition coefficient (Wildman–Crippen LogP) is 5.18. The quantitative estimate of drug-likeness (QED) is 0.709. The lowest BCUT2D eigenvalue weighted by atomic mass is 10.1. The van der Waals surface area contributed by atoms with Gasteiger partial charge < -0.3 is 10.2 Å². The molecule has 2 aromatic rings. The first-order chi connectivity index (χ1) is 11.8. The SMILES string of the molecule is CCN(CC)CCC[C@H](C)Nc1ccnc2cc(C(F)(F)F)ccc12. The molecule has 2 rings (SSSR count). The van der Waals surface area contributed by atoms with Crippen LogP contribution < -0.4 is 5.32 Å². The molecular weight excluding hydrogens is 327 g/mol. The monoisotopic (exact) mass is 353 g/mol. The molecule has 6 heteroatoms. The summed E-state index contributed by atoms with van der Waals surface area (Å²) in [4.78, 5) is 6.47. The summed E-state index contributed by atoms with van der Waals surface area (Å²) < 4.78 is 38.5. The Balaban J connectivity index is 2.05. The average molecular weight is 353 g/mol. The molecule has 0 spiro atoms. The van der Waals surface area contributed by atoms with E-state index in [0.717, 1.165) is 50.3 Å². The van der Waals surface area contributed by atoms with Crippen molar-refractivity contribution in [2.45, 2.75) is 45.8 Å². The van der Waals surface area contributed by atoms with Crippen molar-refractivity contribution in [1.82, 2.24) is 9.88 Å². The van der Waals surface area contributed by atoms with Gasteiger partial charge in [-0.1, -0.05) is 19.9 Å². The average Bonchev–Trinajstić information content (AvgIpc) is 2.58. The predicted molar refractivity (Wildman–Crippen MR) is 96.9 cm³/mol. The number of hydrogen-bond acceptors (Lipinski definition) is 3. The van der Waals surface area contributed by atoms with Gasteiger partial charge in [0.05, 0.1) is 11.1 Å². The van der Waals surface area contributed by atoms with E-state index in [-0.39, 0.29) is 6.04 Å². The Hall–Kier alpha value is -1.82. The number of aromatic nitrogens is 1. The summed E-state index contributed by atoms with van der Waals surface area (Å²) in [5.74, 6) is 0. The smallest absolute Gasteiger partial charge is 0.382 e. The molecule has 0 saturated heterocycles. The fourth-order valence-electron chi connectivity index (χ4n) is 2.95. The van der Waals surface area contributed by atoms with Crippen LogP contribution in [-0.4, -0.2) is 35.6 Å². The van der Waals surface area contributed by atoms with E-state index < -0.39 is 11.7 Å². The molecular formula is C19H26F3N3. The highest BCUT2D eigenvalue weighted by atomic mass is 19.4. The molecule has 3 nitrogen and oxygen atoms in total. The summed E-state index contributed by atoms with van der Waals surface area (Å²) in [5.41, 5.74) is 0.515. The number of rotatable bonds is 8. The first-order valence-corrected chi connectivity index (χ1v) is 8.80. The van der Waals surface area contributed by atoms with E-state index in [2.05, 4.69) is 36.0 Å². The summed E-state index contributed by atoms with van der Waals surface area (Å²) >= 11 is 0. The van der Waals surface area contributed by atoms with Crippen molar-refractivity contribution >= 4 is 16.6 Å². The number of nitrogens with one attached hydrogen (secondary N) is 1. The molecule has 1 atom stereocenters. The number of anilines is 1. The van der Waals surface area contributed by atoms with Crippen molar-refractivity contribution in [3.63, 3.8) is 0 Å². The number of hydrogen-bond donors (Lipinski definition) is 1. The minimum atomic E-state index is -4.35. The molecule has 1 heterocycles. The number of halogens is 3. The van der Waals surface area contributed by atoms with Crippen LogP contribution in [0.1, 0.15) is 39.2 Å². The van der Waals surface area contributed by atoms with Crippen LogP contribution in [0.2, 0.25) is 0 Å². The summed E-state index contributed by atoms with van der Waals surface area (Å²) in [5, 5.41) is 4.13. The van der Waals surface area contributed by atoms with E-state index >= 15 is 0 Å². The van der Waals surface area contributed by atoms with Crippen molar-refractivity contribution in [3.8, 4) is 0 Å². The third-order valence-electron chi connectivity index (χ3n) is 4.48. The number of alkyl halides is 3. The van der Waals surface area contributed by atoms with Crippen molar-refractivity contribution in [2.24, 2.45) is 0 Å². The maximum absolute atomic E-state index is 12.8. The van der Waals surface area contributed by atoms with E-state index in [9.17, 15) is 13.2 Å². The van der Waals surface area contributed by atoms with Gasteiger partial charge in [0.2, 0.25) is 0 Å². The Morgan fingerprint density at radius 3 is 2.52 bits per heavy atom. The minimum absolute atomic E-state index is 0.239. The van der Waals surface area contributed by atoms with Crippen molar-refractivity contribution in [1.29, 1.82) is 0 Å². The molecule has 25 heavy (non-hydrogen) atoms. The van der Waals surface area contributed by atoms with Gasteiger partial charge in [0.15, 0.2) is 0 Å². The summed E-state index contributed by atoms with van der Waals surface area (Å²) in [7, 11) is 0. The second-order valence-corrected chi connectivity index (χ2v) is 6.30. The molecule has 0 aliphatic heterocycles. The third-order valence-corrected chi connectivity index (χ3v) is 4.48. The van der Waals surface area contributed by atoms with Crippen LogP contribution in [0.3, 0.4) is 0 Å². The van der Waals surface area contributed by atoms with Crippen LogP contribution in [0, 0.1) is 0 Å². The van der Waals surface area contributed by atoms with Gasteiger partial charge in [-0.2, -0.15) is 13.2 Å². The zero-order valence-corrected chi connectivity index (χ0v) is 15.0. The largest absolute Gasteiger partial charge is 0.416 e. The molecule has 0 amide bonds. The summed E-state index contributed by atoms with van der Waals surface area (Å²) in [6.07, 6.45) is -0.720. The van der Waals surface area contributed by atoms with E-state index in [1.165, 1.54) is 6.07 Å². The minimum Gasteiger partial charge on any atom is -0.382 e. The number of pyridine rings is 1. The molecule has 0 aliphatic carbocycles. The zero-order valence-electron chi connectivity index (χ0n) is 15.0. The van der Waals surface area contributed by atoms with Gasteiger partial charge >= 0.3 is 6.18 Å². The highest BCUT2D eigenvalue weighted by molar-refractivity contribution is 5.91. The standard InChI is InChI=1S/C19H26F3N3/c1-4-25(5-2)12-6-7-14(3)24-17-10-11-23-18-13-15(19(20,21)22)8-9-16(17)18/h8-11,13-14H,4-7,12H2,1-3H3,(H,23,24)/t14-/m0/s1. The molecule has 0 saturated carbocycles. The van der Waals surface area contributed by atoms with Gasteiger partial charge in [0.1, 0.15) is 0 Å². The molecule has 0 unspecified atom stereocenters. The second kappa shape index (κ2) is 8.52. The van der Waals surface area contributed by atoms with Gasteiger partial charge in [-0.15, -0.1) is 0 Å². The van der Waals surface area contributed by atoms with Crippen molar-refractivity contribution in [2.75, 3.05) is 25.0 Å². The topological polar surface area (TPSA) is 28.2 Å². The number of nitrogens with zero attached hydrogens (tertiary/aromatic N) is 2. The van der Waals surface area contributed by atoms with Crippen molar-refractivity contribution in [3.05, 3.63) is 36.0 Å². The van der Waals surface area contributed by atoms with Gasteiger partial charge in [0, 0.05) is 23.3 Å². The highest BCUT2D eigenvalue weighted by Gasteiger charge is 2.30. The Labute approximate surface area is 147 Å². The fraction of sp³-hybridized carbons (Fsp3) is 0.526. The van der Waals surface area contributed by atoms with Crippen LogP contribution in [0.15, 0.2) is 30.5 Å². The van der Waals surface area contributed by atoms with Crippen LogP contribution in [0.25, 0.3) is 10.9 Å². The Bertz CT molecular complexity index is 681. The Morgan fingerprint density at radius 2 is 1.88 bits per heavy atom. The molecule has 138 valence electrons. The fourth-order valence-corrected chi connectivity index (χ4v) is 2.95. The number of benzene rings is 1. The van der Waals surface area contributed by atoms with Gasteiger partial charge in [0.25, 0.3) is 0 Å². The maximum Gasteiger partial charge on any atom is 0.416 e. The molecule has 1 aromatic heterocycles. The van der Waals surface area contributed by atoms with Gasteiger partial charge in [-0.3, -0.25) is 4.98 Å². The number of fused-ring (bicyclic) bond motifs is 1. The summed E-state index contributed by atoms with van der Waals surface area (Å²) in [6.45, 7) is 9.57. The molecule has 0 fully saturated rings. The zero-order chi connectivity index (χ0) is 18.4. The molecule has 1 aromatic carbocycles.